The molecule has 3 nitrogen and oxygen atoms in total. The smallest absolute Gasteiger partial charge is 0.160 e. The summed E-state index contributed by atoms with van der Waals surface area (Å²) in [6.45, 7) is 4.65. The molecule has 204 valence electrons. The zero-order chi connectivity index (χ0) is 29.0. The summed E-state index contributed by atoms with van der Waals surface area (Å²) >= 11 is 0. The molecule has 43 heavy (non-hydrogen) atoms. The summed E-state index contributed by atoms with van der Waals surface area (Å²) in [6.07, 6.45) is 1.81. The minimum absolute atomic E-state index is 0.00876. The zero-order valence-corrected chi connectivity index (χ0v) is 24.1. The summed E-state index contributed by atoms with van der Waals surface area (Å²) in [5, 5.41) is 2.36. The standard InChI is InChI=1S/C40H29N3/c1-40(2)34-17-9-8-16-31(34)33-24-27(19-22-35(33)40)28-20-21-32(30-15-7-6-14-29(28)30)37-25-38(36-18-10-11-23-41-36)43-39(42-37)26-12-4-3-5-13-26/h3-25H,1-2H3. The summed E-state index contributed by atoms with van der Waals surface area (Å²) in [7, 11) is 0. The van der Waals surface area contributed by atoms with Crippen molar-refractivity contribution in [3.05, 3.63) is 151 Å². The van der Waals surface area contributed by atoms with Crippen molar-refractivity contribution >= 4 is 10.8 Å². The molecule has 8 rings (SSSR count). The molecule has 0 radical (unpaired) electrons. The van der Waals surface area contributed by atoms with E-state index in [-0.39, 0.29) is 5.41 Å². The van der Waals surface area contributed by atoms with Gasteiger partial charge in [0, 0.05) is 22.7 Å². The van der Waals surface area contributed by atoms with E-state index in [1.54, 1.807) is 6.20 Å². The average molecular weight is 552 g/mol. The lowest BCUT2D eigenvalue weighted by Crippen LogP contribution is -2.14. The highest BCUT2D eigenvalue weighted by Crippen LogP contribution is 2.50. The van der Waals surface area contributed by atoms with E-state index in [1.165, 1.54) is 38.8 Å². The van der Waals surface area contributed by atoms with Crippen LogP contribution < -0.4 is 0 Å². The molecule has 0 atom stereocenters. The molecular weight excluding hydrogens is 522 g/mol. The molecule has 2 heterocycles. The molecule has 0 unspecified atom stereocenters. The van der Waals surface area contributed by atoms with Gasteiger partial charge in [-0.25, -0.2) is 9.97 Å². The van der Waals surface area contributed by atoms with Crippen molar-refractivity contribution in [1.82, 2.24) is 15.0 Å². The number of benzene rings is 5. The van der Waals surface area contributed by atoms with Crippen LogP contribution in [0.1, 0.15) is 25.0 Å². The highest BCUT2D eigenvalue weighted by Gasteiger charge is 2.35. The number of aromatic nitrogens is 3. The number of nitrogens with zero attached hydrogens (tertiary/aromatic N) is 3. The number of hydrogen-bond acceptors (Lipinski definition) is 3. The fraction of sp³-hybridized carbons (Fsp3) is 0.0750. The van der Waals surface area contributed by atoms with Crippen LogP contribution >= 0.6 is 0 Å². The molecule has 1 aliphatic carbocycles. The van der Waals surface area contributed by atoms with Crippen LogP contribution in [0.15, 0.2) is 140 Å². The number of rotatable bonds is 4. The predicted molar refractivity (Wildman–Crippen MR) is 177 cm³/mol. The van der Waals surface area contributed by atoms with Gasteiger partial charge >= 0.3 is 0 Å². The molecule has 0 amide bonds. The highest BCUT2D eigenvalue weighted by atomic mass is 14.9. The summed E-state index contributed by atoms with van der Waals surface area (Å²) in [6, 6.07) is 47.0. The van der Waals surface area contributed by atoms with E-state index in [0.29, 0.717) is 5.82 Å². The van der Waals surface area contributed by atoms with Gasteiger partial charge in [-0.2, -0.15) is 0 Å². The van der Waals surface area contributed by atoms with E-state index in [9.17, 15) is 0 Å². The molecule has 2 aromatic heterocycles. The maximum absolute atomic E-state index is 5.10. The summed E-state index contributed by atoms with van der Waals surface area (Å²) in [4.78, 5) is 14.6. The largest absolute Gasteiger partial charge is 0.255 e. The predicted octanol–water partition coefficient (Wildman–Crippen LogP) is 10.00. The molecule has 0 saturated heterocycles. The van der Waals surface area contributed by atoms with Gasteiger partial charge in [0.05, 0.1) is 17.1 Å². The summed E-state index contributed by atoms with van der Waals surface area (Å²) in [5.41, 5.74) is 12.4. The lowest BCUT2D eigenvalue weighted by molar-refractivity contribution is 0.660. The molecule has 0 bridgehead atoms. The van der Waals surface area contributed by atoms with E-state index >= 15 is 0 Å². The van der Waals surface area contributed by atoms with Crippen molar-refractivity contribution in [2.45, 2.75) is 19.3 Å². The van der Waals surface area contributed by atoms with Gasteiger partial charge in [-0.05, 0) is 68.4 Å². The first-order valence-corrected chi connectivity index (χ1v) is 14.7. The maximum atomic E-state index is 5.10. The summed E-state index contributed by atoms with van der Waals surface area (Å²) < 4.78 is 0. The normalized spacial score (nSPS) is 13.1. The van der Waals surface area contributed by atoms with Crippen LogP contribution in [0.25, 0.3) is 67.1 Å². The van der Waals surface area contributed by atoms with Gasteiger partial charge in [0.1, 0.15) is 0 Å². The quantitative estimate of drug-likeness (QED) is 0.218. The summed E-state index contributed by atoms with van der Waals surface area (Å²) in [5.74, 6) is 0.687. The lowest BCUT2D eigenvalue weighted by atomic mass is 9.82. The molecule has 3 heteroatoms. The van der Waals surface area contributed by atoms with Crippen molar-refractivity contribution in [3.63, 3.8) is 0 Å². The molecule has 0 aliphatic heterocycles. The van der Waals surface area contributed by atoms with E-state index in [2.05, 4.69) is 116 Å². The number of hydrogen-bond donors (Lipinski definition) is 0. The minimum atomic E-state index is -0.00876. The van der Waals surface area contributed by atoms with Gasteiger partial charge < -0.3 is 0 Å². The third-order valence-corrected chi connectivity index (χ3v) is 8.78. The van der Waals surface area contributed by atoms with E-state index < -0.39 is 0 Å². The van der Waals surface area contributed by atoms with E-state index in [0.717, 1.165) is 33.6 Å². The molecule has 0 fully saturated rings. The SMILES string of the molecule is CC1(C)c2ccccc2-c2cc(-c3ccc(-c4cc(-c5ccccn5)nc(-c5ccccc5)n4)c4ccccc34)ccc21. The van der Waals surface area contributed by atoms with Gasteiger partial charge in [-0.1, -0.05) is 123 Å². The third-order valence-electron chi connectivity index (χ3n) is 8.78. The van der Waals surface area contributed by atoms with Crippen LogP contribution in [-0.2, 0) is 5.41 Å². The minimum Gasteiger partial charge on any atom is -0.255 e. The van der Waals surface area contributed by atoms with E-state index in [1.807, 2.05) is 36.4 Å². The molecule has 0 N–H and O–H groups in total. The Kier molecular flexibility index (Phi) is 5.80. The van der Waals surface area contributed by atoms with Crippen LogP contribution in [0.5, 0.6) is 0 Å². The number of fused-ring (bicyclic) bond motifs is 4. The monoisotopic (exact) mass is 551 g/mol. The van der Waals surface area contributed by atoms with Gasteiger partial charge in [0.2, 0.25) is 0 Å². The van der Waals surface area contributed by atoms with Crippen LogP contribution in [0.3, 0.4) is 0 Å². The van der Waals surface area contributed by atoms with Crippen LogP contribution in [0.2, 0.25) is 0 Å². The zero-order valence-electron chi connectivity index (χ0n) is 24.1. The van der Waals surface area contributed by atoms with Gasteiger partial charge in [-0.15, -0.1) is 0 Å². The Balaban J connectivity index is 1.31. The van der Waals surface area contributed by atoms with Crippen LogP contribution in [0.4, 0.5) is 0 Å². The van der Waals surface area contributed by atoms with Crippen molar-refractivity contribution in [2.75, 3.05) is 0 Å². The topological polar surface area (TPSA) is 38.7 Å². The lowest BCUT2D eigenvalue weighted by Gasteiger charge is -2.21. The second-order valence-corrected chi connectivity index (χ2v) is 11.7. The Bertz CT molecular complexity index is 2090. The molecule has 0 spiro atoms. The first-order valence-electron chi connectivity index (χ1n) is 14.7. The van der Waals surface area contributed by atoms with Crippen molar-refractivity contribution in [1.29, 1.82) is 0 Å². The van der Waals surface area contributed by atoms with Crippen molar-refractivity contribution < 1.29 is 0 Å². The first-order chi connectivity index (χ1) is 21.1. The van der Waals surface area contributed by atoms with Crippen molar-refractivity contribution in [3.8, 4) is 56.3 Å². The third kappa shape index (κ3) is 4.16. The fourth-order valence-corrected chi connectivity index (χ4v) is 6.61. The molecule has 5 aromatic carbocycles. The Morgan fingerprint density at radius 2 is 1.12 bits per heavy atom. The first kappa shape index (κ1) is 25.3. The molecule has 0 saturated carbocycles. The van der Waals surface area contributed by atoms with Crippen LogP contribution in [-0.4, -0.2) is 15.0 Å². The van der Waals surface area contributed by atoms with Gasteiger partial charge in [0.25, 0.3) is 0 Å². The second kappa shape index (κ2) is 9.85. The van der Waals surface area contributed by atoms with Crippen LogP contribution in [0, 0.1) is 0 Å². The van der Waals surface area contributed by atoms with Crippen molar-refractivity contribution in [2.24, 2.45) is 0 Å². The Morgan fingerprint density at radius 1 is 0.442 bits per heavy atom. The average Bonchev–Trinajstić information content (AvgIpc) is 3.30. The Morgan fingerprint density at radius 3 is 1.93 bits per heavy atom. The molecular formula is C40H29N3. The van der Waals surface area contributed by atoms with E-state index in [4.69, 9.17) is 9.97 Å². The highest BCUT2D eigenvalue weighted by molar-refractivity contribution is 6.05. The van der Waals surface area contributed by atoms with Gasteiger partial charge in [0.15, 0.2) is 5.82 Å². The van der Waals surface area contributed by atoms with Gasteiger partial charge in [-0.3, -0.25) is 4.98 Å². The fourth-order valence-electron chi connectivity index (χ4n) is 6.61. The number of pyridine rings is 1. The molecule has 1 aliphatic rings. The Hall–Kier alpha value is -5.41. The molecule has 7 aromatic rings. The maximum Gasteiger partial charge on any atom is 0.160 e. The second-order valence-electron chi connectivity index (χ2n) is 11.7. The Labute approximate surface area is 251 Å².